The Balaban J connectivity index is 1.14. The molecule has 0 radical (unpaired) electrons. The number of nitrogens with zero attached hydrogens (tertiary/aromatic N) is 3. The summed E-state index contributed by atoms with van der Waals surface area (Å²) in [5.74, 6) is 1.67. The highest BCUT2D eigenvalue weighted by atomic mass is 16.6. The molecule has 0 saturated carbocycles. The van der Waals surface area contributed by atoms with Crippen LogP contribution in [0.4, 0.5) is 10.5 Å². The quantitative estimate of drug-likeness (QED) is 0.681. The summed E-state index contributed by atoms with van der Waals surface area (Å²) in [5, 5.41) is 4.09. The van der Waals surface area contributed by atoms with Crippen molar-refractivity contribution in [3.63, 3.8) is 0 Å². The van der Waals surface area contributed by atoms with Gasteiger partial charge in [-0.2, -0.15) is 0 Å². The van der Waals surface area contributed by atoms with Crippen LogP contribution in [0, 0.1) is 6.92 Å². The van der Waals surface area contributed by atoms with Crippen LogP contribution < -0.4 is 14.8 Å². The number of carbonyl (C=O) groups is 1. The van der Waals surface area contributed by atoms with E-state index in [-0.39, 0.29) is 6.03 Å². The molecule has 166 valence electrons. The monoisotopic (exact) mass is 432 g/mol. The number of aryl methyl sites for hydroxylation is 1. The minimum atomic E-state index is -0.0627. The van der Waals surface area contributed by atoms with Gasteiger partial charge in [0.1, 0.15) is 13.2 Å². The first-order valence-corrected chi connectivity index (χ1v) is 11.2. The van der Waals surface area contributed by atoms with E-state index in [0.29, 0.717) is 26.3 Å². The molecule has 0 unspecified atom stereocenters. The van der Waals surface area contributed by atoms with Crippen LogP contribution in [0.15, 0.2) is 48.5 Å². The number of amides is 2. The highest BCUT2D eigenvalue weighted by Gasteiger charge is 2.22. The third kappa shape index (κ3) is 4.48. The summed E-state index contributed by atoms with van der Waals surface area (Å²) in [6, 6.07) is 16.0. The summed E-state index contributed by atoms with van der Waals surface area (Å²) in [6.07, 6.45) is 0.948. The van der Waals surface area contributed by atoms with Crippen molar-refractivity contribution in [3.05, 3.63) is 59.8 Å². The highest BCUT2D eigenvalue weighted by molar-refractivity contribution is 5.99. The van der Waals surface area contributed by atoms with Gasteiger partial charge in [0.25, 0.3) is 0 Å². The maximum absolute atomic E-state index is 12.9. The average Bonchev–Trinajstić information content (AvgIpc) is 2.83. The lowest BCUT2D eigenvalue weighted by molar-refractivity contribution is 0.148. The van der Waals surface area contributed by atoms with Crippen LogP contribution in [-0.4, -0.2) is 66.8 Å². The summed E-state index contributed by atoms with van der Waals surface area (Å²) < 4.78 is 11.3. The van der Waals surface area contributed by atoms with Crippen molar-refractivity contribution >= 4 is 22.6 Å². The van der Waals surface area contributed by atoms with Gasteiger partial charge < -0.3 is 19.7 Å². The van der Waals surface area contributed by atoms with Crippen molar-refractivity contribution < 1.29 is 14.3 Å². The largest absolute Gasteiger partial charge is 0.486 e. The second-order valence-corrected chi connectivity index (χ2v) is 8.32. The molecule has 5 rings (SSSR count). The molecule has 0 spiro atoms. The first-order chi connectivity index (χ1) is 15.7. The van der Waals surface area contributed by atoms with Crippen LogP contribution in [0.5, 0.6) is 11.5 Å². The summed E-state index contributed by atoms with van der Waals surface area (Å²) in [4.78, 5) is 21.8. The van der Waals surface area contributed by atoms with Gasteiger partial charge in [0, 0.05) is 43.8 Å². The Labute approximate surface area is 187 Å². The number of ether oxygens (including phenoxy) is 2. The van der Waals surface area contributed by atoms with Crippen LogP contribution in [0.2, 0.25) is 0 Å². The molecule has 2 aliphatic rings. The van der Waals surface area contributed by atoms with E-state index >= 15 is 0 Å². The number of aromatic nitrogens is 1. The first-order valence-electron chi connectivity index (χ1n) is 11.2. The van der Waals surface area contributed by atoms with E-state index in [1.807, 2.05) is 48.2 Å². The number of piperazine rings is 1. The third-order valence-corrected chi connectivity index (χ3v) is 6.08. The van der Waals surface area contributed by atoms with Crippen LogP contribution in [-0.2, 0) is 6.42 Å². The number of hydrogen-bond acceptors (Lipinski definition) is 5. The van der Waals surface area contributed by atoms with Crippen LogP contribution in [0.1, 0.15) is 11.3 Å². The molecule has 3 aromatic rings. The predicted molar refractivity (Wildman–Crippen MR) is 125 cm³/mol. The second kappa shape index (κ2) is 9.04. The summed E-state index contributed by atoms with van der Waals surface area (Å²) in [6.45, 7) is 7.30. The van der Waals surface area contributed by atoms with Gasteiger partial charge in [-0.25, -0.2) is 4.79 Å². The lowest BCUT2D eigenvalue weighted by atomic mass is 10.1. The number of hydrogen-bond donors (Lipinski definition) is 1. The van der Waals surface area contributed by atoms with Gasteiger partial charge in [-0.3, -0.25) is 9.88 Å². The fraction of sp³-hybridized carbons (Fsp3) is 0.360. The fourth-order valence-electron chi connectivity index (χ4n) is 4.24. The van der Waals surface area contributed by atoms with Crippen molar-refractivity contribution in [2.24, 2.45) is 0 Å². The molecule has 1 aromatic heterocycles. The van der Waals surface area contributed by atoms with Crippen LogP contribution in [0.3, 0.4) is 0 Å². The zero-order chi connectivity index (χ0) is 21.9. The molecule has 7 nitrogen and oxygen atoms in total. The van der Waals surface area contributed by atoms with Crippen molar-refractivity contribution in [1.82, 2.24) is 14.8 Å². The first kappa shape index (κ1) is 20.6. The van der Waals surface area contributed by atoms with E-state index in [2.05, 4.69) is 27.3 Å². The minimum Gasteiger partial charge on any atom is -0.486 e. The van der Waals surface area contributed by atoms with Crippen LogP contribution in [0.25, 0.3) is 10.9 Å². The molecule has 0 aliphatic carbocycles. The molecule has 1 N–H and O–H groups in total. The van der Waals surface area contributed by atoms with Crippen molar-refractivity contribution in [1.29, 1.82) is 0 Å². The van der Waals surface area contributed by atoms with Crippen molar-refractivity contribution in [2.75, 3.05) is 51.3 Å². The zero-order valence-electron chi connectivity index (χ0n) is 18.3. The maximum Gasteiger partial charge on any atom is 0.321 e. The lowest BCUT2D eigenvalue weighted by Gasteiger charge is -2.34. The molecular weight excluding hydrogens is 404 g/mol. The van der Waals surface area contributed by atoms with Gasteiger partial charge >= 0.3 is 6.03 Å². The van der Waals surface area contributed by atoms with E-state index in [0.717, 1.165) is 59.8 Å². The molecule has 2 aliphatic heterocycles. The third-order valence-electron chi connectivity index (χ3n) is 6.08. The standard InChI is InChI=1S/C25H28N4O3/c1-18-5-7-20-3-2-4-21(24(20)26-18)27-25(30)29-13-11-28(12-14-29)10-9-19-6-8-22-23(17-19)32-16-15-31-22/h2-8,17H,9-16H2,1H3,(H,27,30). The molecule has 1 saturated heterocycles. The highest BCUT2D eigenvalue weighted by Crippen LogP contribution is 2.31. The Morgan fingerprint density at radius 3 is 2.66 bits per heavy atom. The molecule has 32 heavy (non-hydrogen) atoms. The molecular formula is C25H28N4O3. The number of pyridine rings is 1. The van der Waals surface area contributed by atoms with Crippen LogP contribution >= 0.6 is 0 Å². The van der Waals surface area contributed by atoms with E-state index in [4.69, 9.17) is 9.47 Å². The summed E-state index contributed by atoms with van der Waals surface area (Å²) >= 11 is 0. The molecule has 0 bridgehead atoms. The van der Waals surface area contributed by atoms with Gasteiger partial charge in [0.2, 0.25) is 0 Å². The van der Waals surface area contributed by atoms with E-state index in [1.165, 1.54) is 5.56 Å². The Morgan fingerprint density at radius 1 is 1.00 bits per heavy atom. The molecule has 7 heteroatoms. The molecule has 2 amide bonds. The van der Waals surface area contributed by atoms with E-state index in [9.17, 15) is 4.79 Å². The SMILES string of the molecule is Cc1ccc2cccc(NC(=O)N3CCN(CCc4ccc5c(c4)OCCO5)CC3)c2n1. The van der Waals surface area contributed by atoms with E-state index in [1.54, 1.807) is 0 Å². The minimum absolute atomic E-state index is 0.0627. The number of anilines is 1. The number of carbonyl (C=O) groups excluding carboxylic acids is 1. The van der Waals surface area contributed by atoms with Gasteiger partial charge in [-0.15, -0.1) is 0 Å². The molecule has 3 heterocycles. The normalized spacial score (nSPS) is 16.2. The maximum atomic E-state index is 12.9. The number of urea groups is 1. The summed E-state index contributed by atoms with van der Waals surface area (Å²) in [5.41, 5.74) is 3.77. The average molecular weight is 433 g/mol. The van der Waals surface area contributed by atoms with Gasteiger partial charge in [-0.05, 0) is 43.2 Å². The predicted octanol–water partition coefficient (Wildman–Crippen LogP) is 3.71. The Hall–Kier alpha value is -3.32. The Kier molecular flexibility index (Phi) is 5.81. The van der Waals surface area contributed by atoms with E-state index < -0.39 is 0 Å². The van der Waals surface area contributed by atoms with Gasteiger partial charge in [0.05, 0.1) is 11.2 Å². The fourth-order valence-corrected chi connectivity index (χ4v) is 4.24. The molecule has 2 aromatic carbocycles. The van der Waals surface area contributed by atoms with Crippen molar-refractivity contribution in [3.8, 4) is 11.5 Å². The van der Waals surface area contributed by atoms with Gasteiger partial charge in [0.15, 0.2) is 11.5 Å². The lowest BCUT2D eigenvalue weighted by Crippen LogP contribution is -2.50. The smallest absolute Gasteiger partial charge is 0.321 e. The number of fused-ring (bicyclic) bond motifs is 2. The van der Waals surface area contributed by atoms with Gasteiger partial charge in [-0.1, -0.05) is 24.3 Å². The summed E-state index contributed by atoms with van der Waals surface area (Å²) in [7, 11) is 0. The zero-order valence-corrected chi connectivity index (χ0v) is 18.3. The molecule has 1 fully saturated rings. The number of benzene rings is 2. The number of para-hydroxylation sites is 1. The number of rotatable bonds is 4. The number of nitrogens with one attached hydrogen (secondary N) is 1. The Bertz CT molecular complexity index is 1130. The second-order valence-electron chi connectivity index (χ2n) is 8.32. The topological polar surface area (TPSA) is 66.9 Å². The molecule has 0 atom stereocenters. The van der Waals surface area contributed by atoms with Crippen molar-refractivity contribution in [2.45, 2.75) is 13.3 Å². The Morgan fingerprint density at radius 2 is 1.81 bits per heavy atom.